The van der Waals surface area contributed by atoms with Gasteiger partial charge in [-0.3, -0.25) is 0 Å². The van der Waals surface area contributed by atoms with Gasteiger partial charge in [0.15, 0.2) is 11.6 Å². The Labute approximate surface area is 56.6 Å². The molecule has 0 unspecified atom stereocenters. The first-order chi connectivity index (χ1) is 4.38. The number of hydrogen-bond acceptors (Lipinski definition) is 4. The number of fused-ring (bicyclic) bond motifs is 1. The molecule has 0 amide bonds. The fourth-order valence-corrected chi connectivity index (χ4v) is 1.90. The predicted octanol–water partition coefficient (Wildman–Crippen LogP) is 1.00. The van der Waals surface area contributed by atoms with Crippen molar-refractivity contribution < 1.29 is 4.52 Å². The molecule has 2 rings (SSSR count). The third-order valence-corrected chi connectivity index (χ3v) is 2.34. The van der Waals surface area contributed by atoms with Gasteiger partial charge in [0.1, 0.15) is 0 Å². The number of hydrogen-bond donors (Lipinski definition) is 1. The number of anilines is 1. The van der Waals surface area contributed by atoms with Gasteiger partial charge in [0.05, 0.1) is 5.75 Å². The lowest BCUT2D eigenvalue weighted by molar-refractivity contribution is 0.398. The minimum Gasteiger partial charge on any atom is -0.381 e. The highest BCUT2D eigenvalue weighted by Gasteiger charge is 2.19. The molecule has 1 aliphatic heterocycles. The molecule has 1 aliphatic rings. The summed E-state index contributed by atoms with van der Waals surface area (Å²) in [6.07, 6.45) is 0. The van der Waals surface area contributed by atoms with E-state index in [9.17, 15) is 0 Å². The zero-order valence-corrected chi connectivity index (χ0v) is 5.57. The molecule has 9 heavy (non-hydrogen) atoms. The van der Waals surface area contributed by atoms with E-state index in [4.69, 9.17) is 10.3 Å². The van der Waals surface area contributed by atoms with E-state index in [2.05, 4.69) is 5.16 Å². The molecule has 3 nitrogen and oxygen atoms in total. The van der Waals surface area contributed by atoms with Crippen LogP contribution in [0, 0.1) is 0 Å². The summed E-state index contributed by atoms with van der Waals surface area (Å²) >= 11 is 1.81. The summed E-state index contributed by atoms with van der Waals surface area (Å²) in [4.78, 5) is 0. The SMILES string of the molecule is Nc1noc2c1CSC2. The summed E-state index contributed by atoms with van der Waals surface area (Å²) in [5.41, 5.74) is 6.57. The summed E-state index contributed by atoms with van der Waals surface area (Å²) in [6.45, 7) is 0. The topological polar surface area (TPSA) is 52.0 Å². The van der Waals surface area contributed by atoms with Crippen molar-refractivity contribution >= 4 is 17.6 Å². The smallest absolute Gasteiger partial charge is 0.171 e. The maximum Gasteiger partial charge on any atom is 0.171 e. The predicted molar refractivity (Wildman–Crippen MR) is 35.9 cm³/mol. The van der Waals surface area contributed by atoms with Gasteiger partial charge in [0.2, 0.25) is 0 Å². The van der Waals surface area contributed by atoms with Gasteiger partial charge < -0.3 is 10.3 Å². The Bertz CT molecular complexity index is 233. The Morgan fingerprint density at radius 3 is 3.22 bits per heavy atom. The molecule has 0 saturated heterocycles. The Kier molecular flexibility index (Phi) is 0.958. The fourth-order valence-electron chi connectivity index (χ4n) is 0.871. The van der Waals surface area contributed by atoms with E-state index < -0.39 is 0 Å². The third-order valence-electron chi connectivity index (χ3n) is 1.38. The standard InChI is InChI=1S/C5H6N2OS/c6-5-3-1-9-2-4(3)8-7-5/h1-2H2,(H2,6,7). The van der Waals surface area contributed by atoms with Gasteiger partial charge in [-0.25, -0.2) is 0 Å². The first-order valence-electron chi connectivity index (χ1n) is 2.68. The highest BCUT2D eigenvalue weighted by molar-refractivity contribution is 7.98. The van der Waals surface area contributed by atoms with Crippen LogP contribution in [0.25, 0.3) is 0 Å². The van der Waals surface area contributed by atoms with E-state index in [1.54, 1.807) is 0 Å². The molecule has 0 atom stereocenters. The maximum absolute atomic E-state index is 5.47. The molecule has 2 heterocycles. The molecule has 0 aromatic carbocycles. The van der Waals surface area contributed by atoms with Gasteiger partial charge in [0, 0.05) is 11.3 Å². The van der Waals surface area contributed by atoms with E-state index in [0.29, 0.717) is 5.82 Å². The Morgan fingerprint density at radius 1 is 1.56 bits per heavy atom. The van der Waals surface area contributed by atoms with E-state index in [-0.39, 0.29) is 0 Å². The van der Waals surface area contributed by atoms with Gasteiger partial charge >= 0.3 is 0 Å². The Hall–Kier alpha value is -0.640. The molecule has 2 N–H and O–H groups in total. The molecule has 0 spiro atoms. The first kappa shape index (κ1) is 5.17. The maximum atomic E-state index is 5.47. The normalized spacial score (nSPS) is 16.0. The van der Waals surface area contributed by atoms with E-state index in [1.807, 2.05) is 11.8 Å². The van der Waals surface area contributed by atoms with Crippen LogP contribution in [0.15, 0.2) is 4.52 Å². The van der Waals surface area contributed by atoms with Crippen molar-refractivity contribution in [1.29, 1.82) is 0 Å². The molecule has 0 bridgehead atoms. The molecule has 1 aromatic rings. The van der Waals surface area contributed by atoms with Gasteiger partial charge in [-0.1, -0.05) is 5.16 Å². The number of nitrogens with two attached hydrogens (primary N) is 1. The molecule has 0 fully saturated rings. The van der Waals surface area contributed by atoms with Crippen LogP contribution >= 0.6 is 11.8 Å². The molecule has 0 radical (unpaired) electrons. The van der Waals surface area contributed by atoms with Gasteiger partial charge in [-0.15, -0.1) is 11.8 Å². The molecule has 0 aliphatic carbocycles. The number of nitrogens with zero attached hydrogens (tertiary/aromatic N) is 1. The first-order valence-corrected chi connectivity index (χ1v) is 3.84. The van der Waals surface area contributed by atoms with E-state index in [1.165, 1.54) is 0 Å². The average molecular weight is 142 g/mol. The van der Waals surface area contributed by atoms with Crippen LogP contribution in [0.2, 0.25) is 0 Å². The zero-order chi connectivity index (χ0) is 6.27. The zero-order valence-electron chi connectivity index (χ0n) is 4.76. The second kappa shape index (κ2) is 1.67. The molecule has 48 valence electrons. The lowest BCUT2D eigenvalue weighted by Gasteiger charge is -1.82. The summed E-state index contributed by atoms with van der Waals surface area (Å²) in [5, 5.41) is 3.63. The van der Waals surface area contributed by atoms with Crippen molar-refractivity contribution in [3.05, 3.63) is 11.3 Å². The number of rotatable bonds is 0. The fraction of sp³-hybridized carbons (Fsp3) is 0.400. The van der Waals surface area contributed by atoms with Gasteiger partial charge in [0.25, 0.3) is 0 Å². The van der Waals surface area contributed by atoms with Gasteiger partial charge in [-0.2, -0.15) is 0 Å². The van der Waals surface area contributed by atoms with Crippen molar-refractivity contribution in [2.24, 2.45) is 0 Å². The average Bonchev–Trinajstić information content (AvgIpc) is 2.35. The monoisotopic (exact) mass is 142 g/mol. The summed E-state index contributed by atoms with van der Waals surface area (Å²) in [6, 6.07) is 0. The minimum atomic E-state index is 0.565. The highest BCUT2D eigenvalue weighted by atomic mass is 32.2. The van der Waals surface area contributed by atoms with Crippen LogP contribution in [0.3, 0.4) is 0 Å². The number of nitrogen functional groups attached to an aromatic ring is 1. The third kappa shape index (κ3) is 0.627. The lowest BCUT2D eigenvalue weighted by Crippen LogP contribution is -1.87. The van der Waals surface area contributed by atoms with E-state index >= 15 is 0 Å². The minimum absolute atomic E-state index is 0.565. The molecular formula is C5H6N2OS. The van der Waals surface area contributed by atoms with Crippen molar-refractivity contribution in [2.75, 3.05) is 5.73 Å². The molecular weight excluding hydrogens is 136 g/mol. The van der Waals surface area contributed by atoms with Crippen molar-refractivity contribution in [2.45, 2.75) is 11.5 Å². The van der Waals surface area contributed by atoms with Crippen molar-refractivity contribution in [1.82, 2.24) is 5.16 Å². The summed E-state index contributed by atoms with van der Waals surface area (Å²) in [5.74, 6) is 3.41. The number of thioether (sulfide) groups is 1. The van der Waals surface area contributed by atoms with Crippen molar-refractivity contribution in [3.8, 4) is 0 Å². The second-order valence-electron chi connectivity index (χ2n) is 1.96. The Balaban J connectivity index is 2.56. The molecule has 1 aromatic heterocycles. The van der Waals surface area contributed by atoms with Crippen LogP contribution in [0.5, 0.6) is 0 Å². The van der Waals surface area contributed by atoms with Crippen LogP contribution in [0.4, 0.5) is 5.82 Å². The Morgan fingerprint density at radius 2 is 2.44 bits per heavy atom. The van der Waals surface area contributed by atoms with E-state index in [0.717, 1.165) is 22.8 Å². The largest absolute Gasteiger partial charge is 0.381 e. The van der Waals surface area contributed by atoms with Gasteiger partial charge in [-0.05, 0) is 0 Å². The summed E-state index contributed by atoms with van der Waals surface area (Å²) < 4.78 is 4.91. The second-order valence-corrected chi connectivity index (χ2v) is 2.95. The van der Waals surface area contributed by atoms with Crippen LogP contribution < -0.4 is 5.73 Å². The quantitative estimate of drug-likeness (QED) is 0.587. The highest BCUT2D eigenvalue weighted by Crippen LogP contribution is 2.32. The molecule has 4 heteroatoms. The van der Waals surface area contributed by atoms with Crippen LogP contribution in [0.1, 0.15) is 11.3 Å². The number of aromatic nitrogens is 1. The van der Waals surface area contributed by atoms with Crippen molar-refractivity contribution in [3.63, 3.8) is 0 Å². The van der Waals surface area contributed by atoms with Crippen LogP contribution in [-0.4, -0.2) is 5.16 Å². The molecule has 0 saturated carbocycles. The summed E-state index contributed by atoms with van der Waals surface area (Å²) in [7, 11) is 0. The van der Waals surface area contributed by atoms with Crippen LogP contribution in [-0.2, 0) is 11.5 Å². The lowest BCUT2D eigenvalue weighted by atomic mass is 10.3.